The minimum absolute atomic E-state index is 0.170. The SMILES string of the molecule is Cn1cnc2cc(-c3ccc(C(C)(C)O)nc3)nc(NC[C@H](O)c3ccccc3)c2c1=O. The van der Waals surface area contributed by atoms with Crippen LogP contribution < -0.4 is 10.9 Å². The molecule has 0 fully saturated rings. The molecule has 0 spiro atoms. The number of aryl methyl sites for hydroxylation is 1. The van der Waals surface area contributed by atoms with Crippen molar-refractivity contribution < 1.29 is 10.2 Å². The van der Waals surface area contributed by atoms with Crippen molar-refractivity contribution in [1.82, 2.24) is 19.5 Å². The van der Waals surface area contributed by atoms with E-state index in [2.05, 4.69) is 20.3 Å². The van der Waals surface area contributed by atoms with Gasteiger partial charge in [-0.15, -0.1) is 0 Å². The maximum atomic E-state index is 12.8. The maximum Gasteiger partial charge on any atom is 0.264 e. The van der Waals surface area contributed by atoms with Crippen LogP contribution in [0.3, 0.4) is 0 Å². The first kappa shape index (κ1) is 21.6. The van der Waals surface area contributed by atoms with Crippen LogP contribution in [0.2, 0.25) is 0 Å². The van der Waals surface area contributed by atoms with E-state index in [9.17, 15) is 15.0 Å². The van der Waals surface area contributed by atoms with Crippen LogP contribution in [-0.2, 0) is 12.6 Å². The van der Waals surface area contributed by atoms with Crippen LogP contribution in [0.5, 0.6) is 0 Å². The van der Waals surface area contributed by atoms with Crippen molar-refractivity contribution in [2.24, 2.45) is 7.05 Å². The van der Waals surface area contributed by atoms with E-state index in [0.29, 0.717) is 33.7 Å². The zero-order valence-electron chi connectivity index (χ0n) is 18.1. The number of hydrogen-bond acceptors (Lipinski definition) is 7. The fourth-order valence-electron chi connectivity index (χ4n) is 3.39. The molecule has 0 aliphatic rings. The van der Waals surface area contributed by atoms with Gasteiger partial charge in [-0.25, -0.2) is 9.97 Å². The Morgan fingerprint density at radius 2 is 1.88 bits per heavy atom. The number of fused-ring (bicyclic) bond motifs is 1. The number of aliphatic hydroxyl groups excluding tert-OH is 1. The zero-order valence-corrected chi connectivity index (χ0v) is 18.1. The Bertz CT molecular complexity index is 1300. The average molecular weight is 431 g/mol. The predicted octanol–water partition coefficient (Wildman–Crippen LogP) is 2.76. The van der Waals surface area contributed by atoms with Gasteiger partial charge in [0.15, 0.2) is 0 Å². The average Bonchev–Trinajstić information content (AvgIpc) is 2.79. The lowest BCUT2D eigenvalue weighted by Crippen LogP contribution is -2.21. The van der Waals surface area contributed by atoms with Gasteiger partial charge in [0.1, 0.15) is 16.8 Å². The molecule has 1 atom stereocenters. The third-order valence-corrected chi connectivity index (χ3v) is 5.24. The molecule has 0 bridgehead atoms. The van der Waals surface area contributed by atoms with Crippen LogP contribution in [0.4, 0.5) is 5.82 Å². The minimum atomic E-state index is -1.05. The van der Waals surface area contributed by atoms with E-state index in [1.54, 1.807) is 39.2 Å². The Morgan fingerprint density at radius 1 is 1.12 bits per heavy atom. The van der Waals surface area contributed by atoms with Crippen LogP contribution in [-0.4, -0.2) is 36.3 Å². The lowest BCUT2D eigenvalue weighted by Gasteiger charge is -2.17. The van der Waals surface area contributed by atoms with E-state index < -0.39 is 11.7 Å². The molecule has 0 unspecified atom stereocenters. The number of nitrogens with zero attached hydrogens (tertiary/aromatic N) is 4. The first-order valence-corrected chi connectivity index (χ1v) is 10.3. The highest BCUT2D eigenvalue weighted by molar-refractivity contribution is 5.91. The Hall–Kier alpha value is -3.62. The molecule has 32 heavy (non-hydrogen) atoms. The summed E-state index contributed by atoms with van der Waals surface area (Å²) in [6.45, 7) is 3.51. The molecule has 3 aromatic heterocycles. The predicted molar refractivity (Wildman–Crippen MR) is 123 cm³/mol. The lowest BCUT2D eigenvalue weighted by atomic mass is 10.0. The largest absolute Gasteiger partial charge is 0.387 e. The summed E-state index contributed by atoms with van der Waals surface area (Å²) in [5.41, 5.74) is 1.79. The molecular weight excluding hydrogens is 406 g/mol. The Balaban J connectivity index is 1.74. The van der Waals surface area contributed by atoms with Crippen molar-refractivity contribution in [2.45, 2.75) is 25.6 Å². The molecule has 0 aliphatic carbocycles. The van der Waals surface area contributed by atoms with Gasteiger partial charge in [0, 0.05) is 25.4 Å². The minimum Gasteiger partial charge on any atom is -0.387 e. The van der Waals surface area contributed by atoms with Gasteiger partial charge in [0.25, 0.3) is 5.56 Å². The summed E-state index contributed by atoms with van der Waals surface area (Å²) < 4.78 is 1.39. The van der Waals surface area contributed by atoms with Crippen LogP contribution in [0, 0.1) is 0 Å². The number of benzene rings is 1. The van der Waals surface area contributed by atoms with Crippen molar-refractivity contribution in [1.29, 1.82) is 0 Å². The van der Waals surface area contributed by atoms with E-state index in [1.807, 2.05) is 36.4 Å². The quantitative estimate of drug-likeness (QED) is 0.430. The number of nitrogens with one attached hydrogen (secondary N) is 1. The van der Waals surface area contributed by atoms with Gasteiger partial charge < -0.3 is 20.1 Å². The first-order chi connectivity index (χ1) is 15.2. The van der Waals surface area contributed by atoms with Gasteiger partial charge in [-0.05, 0) is 37.6 Å². The van der Waals surface area contributed by atoms with Gasteiger partial charge in [0.05, 0.1) is 29.3 Å². The standard InChI is InChI=1S/C24H25N5O3/c1-24(2,32)20-10-9-16(12-25-20)17-11-18-21(23(31)29(3)14-27-18)22(28-17)26-13-19(30)15-7-5-4-6-8-15/h4-12,14,19,30,32H,13H2,1-3H3,(H,26,28)/t19-/m0/s1. The Morgan fingerprint density at radius 3 is 2.53 bits per heavy atom. The number of hydrogen-bond donors (Lipinski definition) is 3. The molecule has 0 saturated carbocycles. The van der Waals surface area contributed by atoms with E-state index in [1.165, 1.54) is 10.9 Å². The van der Waals surface area contributed by atoms with E-state index in [0.717, 1.165) is 5.56 Å². The van der Waals surface area contributed by atoms with Crippen molar-refractivity contribution >= 4 is 16.7 Å². The number of aliphatic hydroxyl groups is 2. The maximum absolute atomic E-state index is 12.8. The summed E-state index contributed by atoms with van der Waals surface area (Å²) >= 11 is 0. The van der Waals surface area contributed by atoms with Gasteiger partial charge in [-0.2, -0.15) is 0 Å². The van der Waals surface area contributed by atoms with Crippen molar-refractivity contribution in [3.05, 3.63) is 82.7 Å². The zero-order chi connectivity index (χ0) is 22.9. The van der Waals surface area contributed by atoms with Crippen molar-refractivity contribution in [3.63, 3.8) is 0 Å². The fourth-order valence-corrected chi connectivity index (χ4v) is 3.39. The summed E-state index contributed by atoms with van der Waals surface area (Å²) in [7, 11) is 1.63. The molecule has 4 aromatic rings. The van der Waals surface area contributed by atoms with Crippen LogP contribution in [0.25, 0.3) is 22.2 Å². The summed E-state index contributed by atoms with van der Waals surface area (Å²) in [5.74, 6) is 0.341. The van der Waals surface area contributed by atoms with E-state index in [4.69, 9.17) is 0 Å². The molecule has 1 aromatic carbocycles. The van der Waals surface area contributed by atoms with Gasteiger partial charge in [-0.3, -0.25) is 9.78 Å². The summed E-state index contributed by atoms with van der Waals surface area (Å²) in [4.78, 5) is 26.2. The molecule has 164 valence electrons. The fraction of sp³-hybridized carbons (Fsp3) is 0.250. The molecule has 3 N–H and O–H groups in total. The van der Waals surface area contributed by atoms with E-state index >= 15 is 0 Å². The molecule has 0 amide bonds. The molecule has 0 aliphatic heterocycles. The van der Waals surface area contributed by atoms with Crippen LogP contribution >= 0.6 is 0 Å². The molecule has 8 nitrogen and oxygen atoms in total. The second kappa shape index (κ2) is 8.49. The van der Waals surface area contributed by atoms with Crippen LogP contribution in [0.15, 0.2) is 65.8 Å². The number of pyridine rings is 2. The summed E-state index contributed by atoms with van der Waals surface area (Å²) in [6.07, 6.45) is 2.32. The number of anilines is 1. The first-order valence-electron chi connectivity index (χ1n) is 10.3. The van der Waals surface area contributed by atoms with Gasteiger partial charge in [0.2, 0.25) is 0 Å². The monoisotopic (exact) mass is 431 g/mol. The molecular formula is C24H25N5O3. The molecule has 3 heterocycles. The Labute approximate surface area is 185 Å². The summed E-state index contributed by atoms with van der Waals surface area (Å²) in [5, 5.41) is 24.2. The van der Waals surface area contributed by atoms with Gasteiger partial charge in [-0.1, -0.05) is 30.3 Å². The number of aromatic nitrogens is 4. The smallest absolute Gasteiger partial charge is 0.264 e. The topological polar surface area (TPSA) is 113 Å². The molecule has 0 radical (unpaired) electrons. The van der Waals surface area contributed by atoms with Crippen molar-refractivity contribution in [2.75, 3.05) is 11.9 Å². The lowest BCUT2D eigenvalue weighted by molar-refractivity contribution is 0.0739. The second-order valence-electron chi connectivity index (χ2n) is 8.21. The molecule has 8 heteroatoms. The molecule has 0 saturated heterocycles. The third-order valence-electron chi connectivity index (χ3n) is 5.24. The van der Waals surface area contributed by atoms with Gasteiger partial charge >= 0.3 is 0 Å². The highest BCUT2D eigenvalue weighted by Crippen LogP contribution is 2.26. The summed E-state index contributed by atoms with van der Waals surface area (Å²) in [6, 6.07) is 14.6. The highest BCUT2D eigenvalue weighted by Gasteiger charge is 2.19. The van der Waals surface area contributed by atoms with Crippen molar-refractivity contribution in [3.8, 4) is 11.3 Å². The third kappa shape index (κ3) is 4.37. The molecule has 4 rings (SSSR count). The Kier molecular flexibility index (Phi) is 5.73. The van der Waals surface area contributed by atoms with E-state index in [-0.39, 0.29) is 12.1 Å². The number of rotatable bonds is 6. The second-order valence-corrected chi connectivity index (χ2v) is 8.21. The highest BCUT2D eigenvalue weighted by atomic mass is 16.3. The normalized spacial score (nSPS) is 12.7. The van der Waals surface area contributed by atoms with Crippen LogP contribution in [0.1, 0.15) is 31.2 Å².